The summed E-state index contributed by atoms with van der Waals surface area (Å²) in [6, 6.07) is 14.3. The highest BCUT2D eigenvalue weighted by Crippen LogP contribution is 2.28. The van der Waals surface area contributed by atoms with E-state index in [0.29, 0.717) is 6.54 Å². The lowest BCUT2D eigenvalue weighted by atomic mass is 10.1. The number of carbonyl (C=O) groups is 2. The van der Waals surface area contributed by atoms with Crippen LogP contribution in [-0.4, -0.2) is 56.0 Å². The number of hydrogen-bond acceptors (Lipinski definition) is 4. The highest BCUT2D eigenvalue weighted by molar-refractivity contribution is 6.03. The third-order valence-corrected chi connectivity index (χ3v) is 6.80. The first-order valence-electron chi connectivity index (χ1n) is 11.8. The van der Waals surface area contributed by atoms with Crippen molar-refractivity contribution >= 4 is 28.9 Å². The maximum absolute atomic E-state index is 12.9. The van der Waals surface area contributed by atoms with Crippen molar-refractivity contribution in [2.45, 2.75) is 33.6 Å². The topological polar surface area (TPSA) is 55.9 Å². The molecule has 0 saturated carbocycles. The van der Waals surface area contributed by atoms with Gasteiger partial charge in [0.15, 0.2) is 0 Å². The fourth-order valence-corrected chi connectivity index (χ4v) is 4.59. The number of aryl methyl sites for hydroxylation is 2. The molecule has 2 aliphatic heterocycles. The highest BCUT2D eigenvalue weighted by atomic mass is 16.2. The van der Waals surface area contributed by atoms with Crippen LogP contribution in [0, 0.1) is 12.8 Å². The Morgan fingerprint density at radius 1 is 1.00 bits per heavy atom. The fraction of sp³-hybridized carbons (Fsp3) is 0.462. The number of nitrogens with one attached hydrogen (secondary N) is 1. The molecule has 0 spiro atoms. The number of nitrogens with zero attached hydrogens (tertiary/aromatic N) is 3. The Morgan fingerprint density at radius 3 is 2.31 bits per heavy atom. The predicted octanol–water partition coefficient (Wildman–Crippen LogP) is 3.69. The number of likely N-dealkylation sites (N-methyl/N-ethyl adjacent to an activating group) is 1. The predicted molar refractivity (Wildman–Crippen MR) is 130 cm³/mol. The van der Waals surface area contributed by atoms with Gasteiger partial charge < -0.3 is 20.0 Å². The zero-order valence-corrected chi connectivity index (χ0v) is 19.4. The monoisotopic (exact) mass is 434 g/mol. The molecule has 2 saturated heterocycles. The lowest BCUT2D eigenvalue weighted by Crippen LogP contribution is -2.46. The quantitative estimate of drug-likeness (QED) is 0.753. The van der Waals surface area contributed by atoms with Crippen molar-refractivity contribution in [3.8, 4) is 0 Å². The van der Waals surface area contributed by atoms with E-state index in [1.165, 1.54) is 11.3 Å². The second-order valence-electron chi connectivity index (χ2n) is 8.84. The Labute approximate surface area is 191 Å². The van der Waals surface area contributed by atoms with Gasteiger partial charge in [-0.1, -0.05) is 26.0 Å². The molecule has 2 aliphatic rings. The van der Waals surface area contributed by atoms with Gasteiger partial charge in [-0.3, -0.25) is 9.59 Å². The summed E-state index contributed by atoms with van der Waals surface area (Å²) in [6.07, 6.45) is 1.21. The van der Waals surface area contributed by atoms with Crippen molar-refractivity contribution in [3.05, 3.63) is 53.6 Å². The number of hydrogen-bond donors (Lipinski definition) is 1. The van der Waals surface area contributed by atoms with Gasteiger partial charge in [0.2, 0.25) is 11.8 Å². The Bertz CT molecular complexity index is 964. The molecule has 0 aromatic heterocycles. The van der Waals surface area contributed by atoms with Crippen LogP contribution >= 0.6 is 0 Å². The lowest BCUT2D eigenvalue weighted by Gasteiger charge is -2.35. The van der Waals surface area contributed by atoms with E-state index in [-0.39, 0.29) is 24.2 Å². The zero-order chi connectivity index (χ0) is 22.7. The van der Waals surface area contributed by atoms with Crippen LogP contribution in [0.3, 0.4) is 0 Å². The van der Waals surface area contributed by atoms with Crippen LogP contribution in [-0.2, 0) is 16.0 Å². The van der Waals surface area contributed by atoms with Crippen LogP contribution in [0.1, 0.15) is 31.4 Å². The third-order valence-electron chi connectivity index (χ3n) is 6.80. The van der Waals surface area contributed by atoms with E-state index < -0.39 is 0 Å². The molecular formula is C26H34N4O2. The molecule has 2 fully saturated rings. The van der Waals surface area contributed by atoms with Gasteiger partial charge in [0.05, 0.1) is 5.92 Å². The fourth-order valence-electron chi connectivity index (χ4n) is 4.59. The Morgan fingerprint density at radius 2 is 1.69 bits per heavy atom. The summed E-state index contributed by atoms with van der Waals surface area (Å²) >= 11 is 0. The molecular weight excluding hydrogens is 400 g/mol. The summed E-state index contributed by atoms with van der Waals surface area (Å²) in [5, 5.41) is 3.06. The third kappa shape index (κ3) is 4.80. The molecule has 2 heterocycles. The van der Waals surface area contributed by atoms with E-state index in [2.05, 4.69) is 41.1 Å². The van der Waals surface area contributed by atoms with Crippen molar-refractivity contribution < 1.29 is 9.59 Å². The minimum atomic E-state index is -0.338. The summed E-state index contributed by atoms with van der Waals surface area (Å²) in [5.41, 5.74) is 5.18. The first-order valence-corrected chi connectivity index (χ1v) is 11.8. The molecule has 6 heteroatoms. The Kier molecular flexibility index (Phi) is 6.80. The van der Waals surface area contributed by atoms with Gasteiger partial charge in [-0.2, -0.15) is 0 Å². The first kappa shape index (κ1) is 22.3. The summed E-state index contributed by atoms with van der Waals surface area (Å²) in [6.45, 7) is 12.1. The summed E-state index contributed by atoms with van der Waals surface area (Å²) in [4.78, 5) is 32.1. The SMILES string of the molecule is CCc1ccc(N2CC(C(=O)Nc3ccc(N4CCN(CC)CC4)cc3C)CC2=O)cc1. The van der Waals surface area contributed by atoms with Crippen molar-refractivity contribution in [1.82, 2.24) is 4.90 Å². The largest absolute Gasteiger partial charge is 0.369 e. The maximum Gasteiger partial charge on any atom is 0.229 e. The van der Waals surface area contributed by atoms with E-state index in [4.69, 9.17) is 0 Å². The average molecular weight is 435 g/mol. The molecule has 32 heavy (non-hydrogen) atoms. The molecule has 0 aliphatic carbocycles. The molecule has 0 radical (unpaired) electrons. The van der Waals surface area contributed by atoms with Gasteiger partial charge in [-0.25, -0.2) is 0 Å². The van der Waals surface area contributed by atoms with Gasteiger partial charge in [0, 0.05) is 56.2 Å². The molecule has 0 bridgehead atoms. The van der Waals surface area contributed by atoms with Crippen LogP contribution in [0.15, 0.2) is 42.5 Å². The molecule has 170 valence electrons. The second-order valence-corrected chi connectivity index (χ2v) is 8.84. The van der Waals surface area contributed by atoms with Gasteiger partial charge >= 0.3 is 0 Å². The first-order chi connectivity index (χ1) is 15.5. The van der Waals surface area contributed by atoms with Crippen LogP contribution in [0.2, 0.25) is 0 Å². The molecule has 1 unspecified atom stereocenters. The van der Waals surface area contributed by atoms with Crippen molar-refractivity contribution in [1.29, 1.82) is 0 Å². The number of piperazine rings is 1. The Hall–Kier alpha value is -2.86. The van der Waals surface area contributed by atoms with E-state index >= 15 is 0 Å². The van der Waals surface area contributed by atoms with Crippen molar-refractivity contribution in [2.24, 2.45) is 5.92 Å². The van der Waals surface area contributed by atoms with Gasteiger partial charge in [0.1, 0.15) is 0 Å². The van der Waals surface area contributed by atoms with Gasteiger partial charge in [-0.05, 0) is 61.3 Å². The molecule has 2 aromatic carbocycles. The smallest absolute Gasteiger partial charge is 0.229 e. The minimum Gasteiger partial charge on any atom is -0.369 e. The van der Waals surface area contributed by atoms with E-state index in [1.54, 1.807) is 4.90 Å². The van der Waals surface area contributed by atoms with E-state index in [1.807, 2.05) is 37.3 Å². The maximum atomic E-state index is 12.9. The zero-order valence-electron chi connectivity index (χ0n) is 19.4. The van der Waals surface area contributed by atoms with E-state index in [0.717, 1.165) is 56.1 Å². The number of rotatable bonds is 6. The van der Waals surface area contributed by atoms with Crippen molar-refractivity contribution in [2.75, 3.05) is 54.4 Å². The van der Waals surface area contributed by atoms with Gasteiger partial charge in [0.25, 0.3) is 0 Å². The summed E-state index contributed by atoms with van der Waals surface area (Å²) < 4.78 is 0. The summed E-state index contributed by atoms with van der Waals surface area (Å²) in [5.74, 6) is -0.416. The number of amides is 2. The second kappa shape index (κ2) is 9.74. The lowest BCUT2D eigenvalue weighted by molar-refractivity contribution is -0.122. The molecule has 4 rings (SSSR count). The number of carbonyl (C=O) groups excluding carboxylic acids is 2. The molecule has 2 amide bonds. The molecule has 2 aromatic rings. The van der Waals surface area contributed by atoms with Crippen LogP contribution in [0.4, 0.5) is 17.1 Å². The van der Waals surface area contributed by atoms with Crippen LogP contribution in [0.5, 0.6) is 0 Å². The molecule has 1 atom stereocenters. The number of benzene rings is 2. The molecule has 6 nitrogen and oxygen atoms in total. The average Bonchev–Trinajstić information content (AvgIpc) is 3.22. The summed E-state index contributed by atoms with van der Waals surface area (Å²) in [7, 11) is 0. The minimum absolute atomic E-state index is 0.00712. The van der Waals surface area contributed by atoms with E-state index in [9.17, 15) is 9.59 Å². The Balaban J connectivity index is 1.38. The molecule has 1 N–H and O–H groups in total. The van der Waals surface area contributed by atoms with Crippen LogP contribution < -0.4 is 15.1 Å². The standard InChI is InChI=1S/C26H34N4O2/c1-4-20-6-8-22(9-7-20)30-18-21(17-25(30)31)26(32)27-24-11-10-23(16-19(24)3)29-14-12-28(5-2)13-15-29/h6-11,16,21H,4-5,12-15,17-18H2,1-3H3,(H,27,32). The normalized spacial score (nSPS) is 19.5. The number of anilines is 3. The van der Waals surface area contributed by atoms with Gasteiger partial charge in [-0.15, -0.1) is 0 Å². The van der Waals surface area contributed by atoms with Crippen molar-refractivity contribution in [3.63, 3.8) is 0 Å². The highest BCUT2D eigenvalue weighted by Gasteiger charge is 2.35. The van der Waals surface area contributed by atoms with Crippen LogP contribution in [0.25, 0.3) is 0 Å².